The fraction of sp³-hybridized carbons (Fsp3) is 0.0638. The van der Waals surface area contributed by atoms with Crippen LogP contribution in [0.4, 0.5) is 13.2 Å². The van der Waals surface area contributed by atoms with Crippen molar-refractivity contribution in [1.29, 1.82) is 10.5 Å². The van der Waals surface area contributed by atoms with Crippen molar-refractivity contribution in [1.82, 2.24) is 9.13 Å². The summed E-state index contributed by atoms with van der Waals surface area (Å²) in [5.74, 6) is 0. The molecule has 0 spiro atoms. The molecule has 0 aliphatic heterocycles. The number of alkyl halides is 3. The van der Waals surface area contributed by atoms with Gasteiger partial charge in [0.15, 0.2) is 0 Å². The Morgan fingerprint density at radius 3 is 1.56 bits per heavy atom. The van der Waals surface area contributed by atoms with E-state index in [1.165, 1.54) is 6.07 Å². The van der Waals surface area contributed by atoms with Crippen LogP contribution in [0.2, 0.25) is 0 Å². The first-order valence-corrected chi connectivity index (χ1v) is 17.5. The van der Waals surface area contributed by atoms with Gasteiger partial charge >= 0.3 is 6.18 Å². The summed E-state index contributed by atoms with van der Waals surface area (Å²) in [7, 11) is 0. The summed E-state index contributed by atoms with van der Waals surface area (Å²) in [6.45, 7) is 4.13. The van der Waals surface area contributed by atoms with Crippen molar-refractivity contribution in [3.8, 4) is 45.8 Å². The summed E-state index contributed by atoms with van der Waals surface area (Å²) in [4.78, 5) is 0. The number of rotatable bonds is 4. The number of hydrogen-bond donors (Lipinski definition) is 0. The molecule has 0 bridgehead atoms. The van der Waals surface area contributed by atoms with Crippen molar-refractivity contribution in [3.63, 3.8) is 0 Å². The number of hydrogen-bond acceptors (Lipinski definition) is 2. The second kappa shape index (κ2) is 12.3. The second-order valence-corrected chi connectivity index (χ2v) is 13.7. The summed E-state index contributed by atoms with van der Waals surface area (Å²) in [6, 6.07) is 48.2. The van der Waals surface area contributed by atoms with Gasteiger partial charge in [0, 0.05) is 32.7 Å². The zero-order chi connectivity index (χ0) is 37.3. The molecule has 2 aromatic heterocycles. The quantitative estimate of drug-likeness (QED) is 0.183. The topological polar surface area (TPSA) is 57.4 Å². The van der Waals surface area contributed by atoms with Crippen LogP contribution in [0.25, 0.3) is 77.2 Å². The van der Waals surface area contributed by atoms with Gasteiger partial charge in [-0.2, -0.15) is 23.7 Å². The third-order valence-corrected chi connectivity index (χ3v) is 10.3. The van der Waals surface area contributed by atoms with Gasteiger partial charge in [0.2, 0.25) is 0 Å². The van der Waals surface area contributed by atoms with Crippen molar-refractivity contribution in [3.05, 3.63) is 167 Å². The van der Waals surface area contributed by atoms with Crippen LogP contribution in [0.1, 0.15) is 27.8 Å². The number of benzene rings is 7. The fourth-order valence-corrected chi connectivity index (χ4v) is 7.88. The Balaban J connectivity index is 1.40. The summed E-state index contributed by atoms with van der Waals surface area (Å²) in [5.41, 5.74) is 9.95. The van der Waals surface area contributed by atoms with Crippen LogP contribution in [0.15, 0.2) is 140 Å². The normalized spacial score (nSPS) is 11.8. The standard InChI is InChI=1S/C47H29F3N4/c1-28-11-19-43-39(21-28)35-7-3-5-9-41(35)53(43)45-23-30(26-51)13-16-37(45)38-17-14-31(34-18-15-33(47(48,49)50)24-32(34)27-52)25-46(38)54-42-10-6-4-8-36(42)40-22-29(2)12-20-44(40)54/h3-25H,1-2H3. The van der Waals surface area contributed by atoms with Crippen LogP contribution in [0.3, 0.4) is 0 Å². The first-order chi connectivity index (χ1) is 26.1. The fourth-order valence-electron chi connectivity index (χ4n) is 7.88. The van der Waals surface area contributed by atoms with Gasteiger partial charge in [-0.15, -0.1) is 0 Å². The summed E-state index contributed by atoms with van der Waals surface area (Å²) in [5, 5.41) is 24.6. The number of fused-ring (bicyclic) bond motifs is 6. The summed E-state index contributed by atoms with van der Waals surface area (Å²) in [6.07, 6.45) is -4.59. The van der Waals surface area contributed by atoms with Crippen LogP contribution < -0.4 is 0 Å². The molecule has 0 amide bonds. The lowest BCUT2D eigenvalue weighted by Crippen LogP contribution is -2.05. The molecule has 54 heavy (non-hydrogen) atoms. The Morgan fingerprint density at radius 1 is 0.481 bits per heavy atom. The lowest BCUT2D eigenvalue weighted by atomic mass is 9.93. The smallest absolute Gasteiger partial charge is 0.309 e. The van der Waals surface area contributed by atoms with Crippen molar-refractivity contribution >= 4 is 43.6 Å². The molecule has 0 unspecified atom stereocenters. The molecule has 9 rings (SSSR count). The third-order valence-electron chi connectivity index (χ3n) is 10.3. The molecule has 7 aromatic carbocycles. The molecular formula is C47H29F3N4. The maximum absolute atomic E-state index is 13.7. The van der Waals surface area contributed by atoms with E-state index in [0.717, 1.165) is 89.4 Å². The SMILES string of the molecule is Cc1ccc2c(c1)c1ccccc1n2-c1cc(C#N)ccc1-c1ccc(-c2ccc(C(F)(F)F)cc2C#N)cc1-n1c2ccccc2c2cc(C)ccc21. The molecular weight excluding hydrogens is 678 g/mol. The zero-order valence-electron chi connectivity index (χ0n) is 29.2. The van der Waals surface area contributed by atoms with Crippen molar-refractivity contribution < 1.29 is 13.2 Å². The molecule has 0 fully saturated rings. The second-order valence-electron chi connectivity index (χ2n) is 13.7. The summed E-state index contributed by atoms with van der Waals surface area (Å²) < 4.78 is 45.6. The lowest BCUT2D eigenvalue weighted by molar-refractivity contribution is -0.137. The van der Waals surface area contributed by atoms with E-state index >= 15 is 0 Å². The Bertz CT molecular complexity index is 3090. The van der Waals surface area contributed by atoms with Gasteiger partial charge in [-0.25, -0.2) is 0 Å². The number of aromatic nitrogens is 2. The molecule has 0 N–H and O–H groups in total. The Hall–Kier alpha value is -7.09. The molecule has 9 aromatic rings. The molecule has 258 valence electrons. The first kappa shape index (κ1) is 32.8. The Morgan fingerprint density at radius 2 is 1.00 bits per heavy atom. The van der Waals surface area contributed by atoms with Crippen LogP contribution in [-0.2, 0) is 6.18 Å². The molecule has 0 saturated heterocycles. The highest BCUT2D eigenvalue weighted by molar-refractivity contribution is 6.12. The average molecular weight is 707 g/mol. The van der Waals surface area contributed by atoms with E-state index in [1.54, 1.807) is 0 Å². The van der Waals surface area contributed by atoms with Gasteiger partial charge in [0.05, 0.1) is 62.3 Å². The van der Waals surface area contributed by atoms with Crippen LogP contribution in [0, 0.1) is 36.5 Å². The van der Waals surface area contributed by atoms with Gasteiger partial charge in [0.1, 0.15) is 0 Å². The molecule has 7 heteroatoms. The van der Waals surface area contributed by atoms with Gasteiger partial charge in [-0.1, -0.05) is 83.9 Å². The maximum Gasteiger partial charge on any atom is 0.416 e. The van der Waals surface area contributed by atoms with E-state index in [9.17, 15) is 23.7 Å². The minimum absolute atomic E-state index is 0.0685. The molecule has 2 heterocycles. The highest BCUT2D eigenvalue weighted by Gasteiger charge is 2.31. The molecule has 0 saturated carbocycles. The molecule has 4 nitrogen and oxygen atoms in total. The van der Waals surface area contributed by atoms with Crippen LogP contribution >= 0.6 is 0 Å². The monoisotopic (exact) mass is 706 g/mol. The van der Waals surface area contributed by atoms with E-state index < -0.39 is 11.7 Å². The number of halogens is 3. The van der Waals surface area contributed by atoms with Crippen molar-refractivity contribution in [2.24, 2.45) is 0 Å². The molecule has 0 radical (unpaired) electrons. The van der Waals surface area contributed by atoms with E-state index in [-0.39, 0.29) is 5.56 Å². The first-order valence-electron chi connectivity index (χ1n) is 17.5. The summed E-state index contributed by atoms with van der Waals surface area (Å²) >= 11 is 0. The van der Waals surface area contributed by atoms with E-state index in [2.05, 4.69) is 89.7 Å². The highest BCUT2D eigenvalue weighted by atomic mass is 19.4. The van der Waals surface area contributed by atoms with Gasteiger partial charge in [-0.05, 0) is 91.7 Å². The molecule has 0 aliphatic carbocycles. The highest BCUT2D eigenvalue weighted by Crippen LogP contribution is 2.43. The number of aryl methyl sites for hydroxylation is 2. The van der Waals surface area contributed by atoms with Crippen LogP contribution in [-0.4, -0.2) is 9.13 Å². The number of para-hydroxylation sites is 2. The predicted molar refractivity (Wildman–Crippen MR) is 210 cm³/mol. The van der Waals surface area contributed by atoms with Gasteiger partial charge in [0.25, 0.3) is 0 Å². The van der Waals surface area contributed by atoms with Gasteiger partial charge < -0.3 is 9.13 Å². The lowest BCUT2D eigenvalue weighted by Gasteiger charge is -2.20. The average Bonchev–Trinajstić information content (AvgIpc) is 3.68. The minimum atomic E-state index is -4.59. The van der Waals surface area contributed by atoms with Crippen molar-refractivity contribution in [2.75, 3.05) is 0 Å². The molecule has 0 aliphatic rings. The van der Waals surface area contributed by atoms with Crippen LogP contribution in [0.5, 0.6) is 0 Å². The van der Waals surface area contributed by atoms with E-state index in [1.807, 2.05) is 66.7 Å². The molecule has 0 atom stereocenters. The van der Waals surface area contributed by atoms with E-state index in [0.29, 0.717) is 16.7 Å². The van der Waals surface area contributed by atoms with Gasteiger partial charge in [-0.3, -0.25) is 0 Å². The Kier molecular flexibility index (Phi) is 7.44. The Labute approximate surface area is 308 Å². The minimum Gasteiger partial charge on any atom is -0.309 e. The third kappa shape index (κ3) is 5.13. The number of nitrogens with zero attached hydrogens (tertiary/aromatic N) is 4. The van der Waals surface area contributed by atoms with E-state index in [4.69, 9.17) is 0 Å². The predicted octanol–water partition coefficient (Wildman–Crippen LogP) is 12.6. The number of nitriles is 2. The van der Waals surface area contributed by atoms with Crippen molar-refractivity contribution in [2.45, 2.75) is 20.0 Å². The largest absolute Gasteiger partial charge is 0.416 e. The zero-order valence-corrected chi connectivity index (χ0v) is 29.2. The maximum atomic E-state index is 13.7.